The fourth-order valence-electron chi connectivity index (χ4n) is 9.41. The van der Waals surface area contributed by atoms with Gasteiger partial charge in [0, 0.05) is 71.2 Å². The number of hydrogen-bond acceptors (Lipinski definition) is 5. The van der Waals surface area contributed by atoms with Gasteiger partial charge in [0.15, 0.2) is 0 Å². The monoisotopic (exact) mass is 933 g/mol. The first kappa shape index (κ1) is 43.5. The topological polar surface area (TPSA) is 74.3 Å². The van der Waals surface area contributed by atoms with Crippen molar-refractivity contribution in [3.8, 4) is 112 Å². The average Bonchev–Trinajstić information content (AvgIpc) is 4.16. The SMILES string of the molecule is Fc1cc(-n2ccnc2-c2cc(-c3ccccc3-c3ccc(-c4ccccn4)cc3-c3ccc(-c4ccccc4)cc3)cc(-c3nccn3-c3ccc(-c4ccccn4)c(F)c3)c2)ccc1-c1ccccn1. The highest BCUT2D eigenvalue weighted by atomic mass is 19.1. The molecule has 7 aromatic carbocycles. The third-order valence-electron chi connectivity index (χ3n) is 12.9. The molecule has 0 aliphatic carbocycles. The highest BCUT2D eigenvalue weighted by molar-refractivity contribution is 5.95. The van der Waals surface area contributed by atoms with Gasteiger partial charge < -0.3 is 0 Å². The highest BCUT2D eigenvalue weighted by Crippen LogP contribution is 2.43. The van der Waals surface area contributed by atoms with Crippen molar-refractivity contribution >= 4 is 0 Å². The minimum Gasteiger partial charge on any atom is -0.300 e. The maximum Gasteiger partial charge on any atom is 0.144 e. The van der Waals surface area contributed by atoms with Crippen LogP contribution in [0, 0.1) is 11.6 Å². The van der Waals surface area contributed by atoms with Crippen LogP contribution in [0.1, 0.15) is 0 Å². The summed E-state index contributed by atoms with van der Waals surface area (Å²) in [5, 5.41) is 0. The van der Waals surface area contributed by atoms with Gasteiger partial charge in [0.25, 0.3) is 0 Å². The molecule has 342 valence electrons. The van der Waals surface area contributed by atoms with E-state index in [1.54, 1.807) is 61.2 Å². The fourth-order valence-corrected chi connectivity index (χ4v) is 9.41. The lowest BCUT2D eigenvalue weighted by Crippen LogP contribution is -2.01. The van der Waals surface area contributed by atoms with E-state index in [9.17, 15) is 0 Å². The van der Waals surface area contributed by atoms with Crippen molar-refractivity contribution in [1.29, 1.82) is 0 Å². The van der Waals surface area contributed by atoms with Gasteiger partial charge in [-0.05, 0) is 142 Å². The minimum atomic E-state index is -0.405. The van der Waals surface area contributed by atoms with E-state index in [-0.39, 0.29) is 0 Å². The van der Waals surface area contributed by atoms with Crippen molar-refractivity contribution in [3.05, 3.63) is 261 Å². The molecule has 5 heterocycles. The Hall–Kier alpha value is -9.73. The summed E-state index contributed by atoms with van der Waals surface area (Å²) in [5.74, 6) is 0.362. The molecule has 5 aromatic heterocycles. The largest absolute Gasteiger partial charge is 0.300 e. The second-order valence-corrected chi connectivity index (χ2v) is 17.3. The smallest absolute Gasteiger partial charge is 0.144 e. The standard InChI is InChI=1S/C63H41F2N7/c64-57-40-49(24-27-54(57)60-17-7-10-30-67-60)71-34-32-69-62(71)47-36-46(37-48(38-47)63-70-33-35-72(63)50-25-28-55(58(65)41-50)61-18-8-11-31-68-61)51-14-4-5-15-52(51)53-26-23-45(59-16-6-9-29-66-59)39-56(53)44-21-19-43(20-22-44)42-12-2-1-3-13-42/h1-41H. The Morgan fingerprint density at radius 1 is 0.264 bits per heavy atom. The van der Waals surface area contributed by atoms with Gasteiger partial charge in [0.2, 0.25) is 0 Å². The molecule has 0 atom stereocenters. The fraction of sp³-hybridized carbons (Fsp3) is 0. The molecule has 0 saturated carbocycles. The summed E-state index contributed by atoms with van der Waals surface area (Å²) >= 11 is 0. The number of rotatable bonds is 11. The van der Waals surface area contributed by atoms with Crippen LogP contribution in [0.2, 0.25) is 0 Å². The first-order chi connectivity index (χ1) is 35.5. The molecule has 72 heavy (non-hydrogen) atoms. The van der Waals surface area contributed by atoms with E-state index in [0.717, 1.165) is 66.9 Å². The normalized spacial score (nSPS) is 11.2. The first-order valence-electron chi connectivity index (χ1n) is 23.5. The number of aromatic nitrogens is 7. The highest BCUT2D eigenvalue weighted by Gasteiger charge is 2.21. The summed E-state index contributed by atoms with van der Waals surface area (Å²) in [6.07, 6.45) is 12.2. The minimum absolute atomic E-state index is 0.401. The summed E-state index contributed by atoms with van der Waals surface area (Å²) in [4.78, 5) is 23.3. The van der Waals surface area contributed by atoms with E-state index in [4.69, 9.17) is 15.0 Å². The maximum atomic E-state index is 16.0. The first-order valence-corrected chi connectivity index (χ1v) is 23.5. The number of imidazole rings is 2. The molecule has 9 heteroatoms. The maximum absolute atomic E-state index is 16.0. The Kier molecular flexibility index (Phi) is 11.5. The third-order valence-corrected chi connectivity index (χ3v) is 12.9. The Balaban J connectivity index is 1.02. The van der Waals surface area contributed by atoms with Crippen molar-refractivity contribution in [2.45, 2.75) is 0 Å². The lowest BCUT2D eigenvalue weighted by atomic mass is 9.87. The van der Waals surface area contributed by atoms with Crippen LogP contribution < -0.4 is 0 Å². The summed E-state index contributed by atoms with van der Waals surface area (Å²) in [5.41, 5.74) is 14.7. The van der Waals surface area contributed by atoms with Gasteiger partial charge in [0.1, 0.15) is 23.3 Å². The van der Waals surface area contributed by atoms with Crippen LogP contribution in [0.5, 0.6) is 0 Å². The van der Waals surface area contributed by atoms with Gasteiger partial charge in [-0.15, -0.1) is 0 Å². The molecule has 0 spiro atoms. The summed E-state index contributed by atoms with van der Waals surface area (Å²) in [6.45, 7) is 0. The Morgan fingerprint density at radius 3 is 1.25 bits per heavy atom. The molecule has 0 aliphatic rings. The van der Waals surface area contributed by atoms with E-state index in [0.29, 0.717) is 45.5 Å². The van der Waals surface area contributed by atoms with Crippen LogP contribution in [0.4, 0.5) is 8.78 Å². The Bertz CT molecular complexity index is 3730. The van der Waals surface area contributed by atoms with E-state index >= 15 is 8.78 Å². The molecule has 0 amide bonds. The van der Waals surface area contributed by atoms with Crippen molar-refractivity contribution in [3.63, 3.8) is 0 Å². The van der Waals surface area contributed by atoms with Gasteiger partial charge in [-0.3, -0.25) is 24.1 Å². The van der Waals surface area contributed by atoms with Crippen molar-refractivity contribution in [2.24, 2.45) is 0 Å². The van der Waals surface area contributed by atoms with Crippen LogP contribution in [0.25, 0.3) is 112 Å². The molecular formula is C63H41F2N7. The molecule has 0 fully saturated rings. The molecule has 12 rings (SSSR count). The predicted octanol–water partition coefficient (Wildman–Crippen LogP) is 15.5. The average molecular weight is 934 g/mol. The second-order valence-electron chi connectivity index (χ2n) is 17.3. The van der Waals surface area contributed by atoms with Crippen molar-refractivity contribution in [1.82, 2.24) is 34.1 Å². The zero-order valence-corrected chi connectivity index (χ0v) is 38.6. The van der Waals surface area contributed by atoms with E-state index < -0.39 is 11.6 Å². The third kappa shape index (κ3) is 8.45. The Labute approximate surface area is 414 Å². The number of benzene rings is 7. The van der Waals surface area contributed by atoms with Crippen LogP contribution in [-0.2, 0) is 0 Å². The van der Waals surface area contributed by atoms with Crippen LogP contribution in [-0.4, -0.2) is 34.1 Å². The Morgan fingerprint density at radius 2 is 0.708 bits per heavy atom. The molecule has 7 nitrogen and oxygen atoms in total. The van der Waals surface area contributed by atoms with Crippen LogP contribution in [0.3, 0.4) is 0 Å². The molecule has 12 aromatic rings. The molecule has 0 unspecified atom stereocenters. The summed E-state index contributed by atoms with van der Waals surface area (Å²) < 4.78 is 35.8. The second kappa shape index (κ2) is 19.0. The van der Waals surface area contributed by atoms with E-state index in [2.05, 4.69) is 107 Å². The zero-order chi connectivity index (χ0) is 48.4. The van der Waals surface area contributed by atoms with Gasteiger partial charge >= 0.3 is 0 Å². The van der Waals surface area contributed by atoms with Crippen molar-refractivity contribution in [2.75, 3.05) is 0 Å². The number of pyridine rings is 3. The number of hydrogen-bond donors (Lipinski definition) is 0. The lowest BCUT2D eigenvalue weighted by molar-refractivity contribution is 0.629. The summed E-state index contributed by atoms with van der Waals surface area (Å²) in [6, 6.07) is 67.3. The van der Waals surface area contributed by atoms with E-state index in [1.165, 1.54) is 12.1 Å². The molecular weight excluding hydrogens is 893 g/mol. The number of halogens is 2. The number of nitrogens with zero attached hydrogens (tertiary/aromatic N) is 7. The van der Waals surface area contributed by atoms with Gasteiger partial charge in [-0.2, -0.15) is 0 Å². The van der Waals surface area contributed by atoms with Gasteiger partial charge in [-0.25, -0.2) is 18.7 Å². The van der Waals surface area contributed by atoms with Crippen molar-refractivity contribution < 1.29 is 8.78 Å². The molecule has 0 radical (unpaired) electrons. The van der Waals surface area contributed by atoms with E-state index in [1.807, 2.05) is 88.4 Å². The molecule has 0 bridgehead atoms. The van der Waals surface area contributed by atoms with Gasteiger partial charge in [-0.1, -0.05) is 109 Å². The summed E-state index contributed by atoms with van der Waals surface area (Å²) in [7, 11) is 0. The zero-order valence-electron chi connectivity index (χ0n) is 38.6. The van der Waals surface area contributed by atoms with Crippen LogP contribution in [0.15, 0.2) is 250 Å². The molecule has 0 aliphatic heterocycles. The predicted molar refractivity (Wildman–Crippen MR) is 283 cm³/mol. The molecule has 0 N–H and O–H groups in total. The quantitative estimate of drug-likeness (QED) is 0.129. The van der Waals surface area contributed by atoms with Gasteiger partial charge in [0.05, 0.1) is 28.5 Å². The van der Waals surface area contributed by atoms with Crippen LogP contribution >= 0.6 is 0 Å². The lowest BCUT2D eigenvalue weighted by Gasteiger charge is -2.18. The molecule has 0 saturated heterocycles.